The first-order chi connectivity index (χ1) is 19.0. The molecule has 1 aromatic heterocycles. The molecule has 1 saturated heterocycles. The number of carbonyl (C=O) groups excluding carboxylic acids is 1. The molecule has 210 valence electrons. The van der Waals surface area contributed by atoms with E-state index in [-0.39, 0.29) is 28.6 Å². The number of amides is 1. The van der Waals surface area contributed by atoms with E-state index in [0.717, 1.165) is 25.2 Å². The van der Waals surface area contributed by atoms with Crippen LogP contribution in [0.2, 0.25) is 0 Å². The van der Waals surface area contributed by atoms with E-state index in [9.17, 15) is 18.0 Å². The summed E-state index contributed by atoms with van der Waals surface area (Å²) < 4.78 is 39.2. The Hall–Kier alpha value is -4.65. The molecule has 1 amide bonds. The van der Waals surface area contributed by atoms with Crippen LogP contribution in [0.25, 0.3) is 0 Å². The van der Waals surface area contributed by atoms with Gasteiger partial charge in [0.2, 0.25) is 5.95 Å². The van der Waals surface area contributed by atoms with E-state index in [1.165, 1.54) is 24.4 Å². The standard InChI is InChI=1S/C27H30F3N9O/c1-4-33-21-22(36-26(37-23(21)31)39-12-10-38(3)11-13-39)24(32)35-20-14-17(9-8-16(20)2)25(40)34-19-7-5-6-18(15-19)27(28,29)30/h4-9,14-15,33H,1,10-13H2,2-3H3,(H2,32,35)(H,34,40)(H2,31,36,37). The fourth-order valence-electron chi connectivity index (χ4n) is 4.07. The van der Waals surface area contributed by atoms with Crippen molar-refractivity contribution in [1.82, 2.24) is 14.9 Å². The molecule has 4 rings (SSSR count). The summed E-state index contributed by atoms with van der Waals surface area (Å²) in [4.78, 5) is 30.7. The number of hydrogen-bond donors (Lipinski definition) is 4. The highest BCUT2D eigenvalue weighted by molar-refractivity contribution is 6.06. The van der Waals surface area contributed by atoms with Crippen molar-refractivity contribution in [1.29, 1.82) is 0 Å². The Balaban J connectivity index is 1.65. The number of nitrogens with zero attached hydrogens (tertiary/aromatic N) is 5. The average Bonchev–Trinajstić information content (AvgIpc) is 2.91. The molecule has 6 N–H and O–H groups in total. The molecule has 1 aliphatic rings. The minimum absolute atomic E-state index is 0.0120. The fourth-order valence-corrected chi connectivity index (χ4v) is 4.07. The number of nitrogens with two attached hydrogens (primary N) is 2. The van der Waals surface area contributed by atoms with E-state index in [2.05, 4.69) is 37.1 Å². The van der Waals surface area contributed by atoms with Crippen LogP contribution >= 0.6 is 0 Å². The van der Waals surface area contributed by atoms with Gasteiger partial charge in [-0.2, -0.15) is 18.2 Å². The van der Waals surface area contributed by atoms with Crippen LogP contribution in [0.4, 0.5) is 42.0 Å². The number of nitrogens with one attached hydrogen (secondary N) is 2. The van der Waals surface area contributed by atoms with Crippen LogP contribution in [0.1, 0.15) is 27.2 Å². The summed E-state index contributed by atoms with van der Waals surface area (Å²) >= 11 is 0. The largest absolute Gasteiger partial charge is 0.416 e. The number of benzene rings is 2. The molecule has 0 aliphatic carbocycles. The van der Waals surface area contributed by atoms with Gasteiger partial charge in [0.15, 0.2) is 11.7 Å². The third-order valence-corrected chi connectivity index (χ3v) is 6.36. The molecule has 1 fully saturated rings. The summed E-state index contributed by atoms with van der Waals surface area (Å²) in [7, 11) is 2.04. The van der Waals surface area contributed by atoms with E-state index >= 15 is 0 Å². The van der Waals surface area contributed by atoms with Crippen molar-refractivity contribution in [3.63, 3.8) is 0 Å². The Morgan fingerprint density at radius 2 is 1.85 bits per heavy atom. The third-order valence-electron chi connectivity index (χ3n) is 6.36. The summed E-state index contributed by atoms with van der Waals surface area (Å²) in [5.41, 5.74) is 13.7. The maximum atomic E-state index is 13.1. The quantitative estimate of drug-likeness (QED) is 0.255. The molecule has 0 atom stereocenters. The van der Waals surface area contributed by atoms with Crippen molar-refractivity contribution in [2.24, 2.45) is 10.7 Å². The maximum Gasteiger partial charge on any atom is 0.416 e. The molecule has 3 aromatic rings. The number of aryl methyl sites for hydroxylation is 1. The summed E-state index contributed by atoms with van der Waals surface area (Å²) in [6.45, 7) is 8.56. The summed E-state index contributed by atoms with van der Waals surface area (Å²) in [6, 6.07) is 9.12. The van der Waals surface area contributed by atoms with Gasteiger partial charge in [-0.1, -0.05) is 18.7 Å². The molecular formula is C27H30F3N9O. The topological polar surface area (TPSA) is 138 Å². The van der Waals surface area contributed by atoms with Crippen LogP contribution in [-0.4, -0.2) is 59.8 Å². The highest BCUT2D eigenvalue weighted by Crippen LogP contribution is 2.31. The van der Waals surface area contributed by atoms with Gasteiger partial charge in [0.25, 0.3) is 5.91 Å². The maximum absolute atomic E-state index is 13.1. The molecule has 0 spiro atoms. The number of aromatic nitrogens is 2. The van der Waals surface area contributed by atoms with Crippen molar-refractivity contribution in [2.75, 3.05) is 54.5 Å². The number of halogens is 3. The minimum Gasteiger partial charge on any atom is -0.382 e. The number of aliphatic imine (C=N–C) groups is 1. The lowest BCUT2D eigenvalue weighted by Gasteiger charge is -2.32. The monoisotopic (exact) mass is 553 g/mol. The van der Waals surface area contributed by atoms with E-state index < -0.39 is 17.6 Å². The first-order valence-electron chi connectivity index (χ1n) is 12.4. The van der Waals surface area contributed by atoms with Crippen molar-refractivity contribution >= 4 is 40.6 Å². The molecule has 1 aliphatic heterocycles. The predicted molar refractivity (Wildman–Crippen MR) is 151 cm³/mol. The van der Waals surface area contributed by atoms with Crippen molar-refractivity contribution in [3.05, 3.63) is 77.6 Å². The number of rotatable bonds is 7. The van der Waals surface area contributed by atoms with Crippen molar-refractivity contribution in [3.8, 4) is 0 Å². The van der Waals surface area contributed by atoms with Crippen LogP contribution in [0.15, 0.2) is 60.2 Å². The van der Waals surface area contributed by atoms with E-state index in [1.807, 2.05) is 11.9 Å². The fraction of sp³-hybridized carbons (Fsp3) is 0.259. The number of amidine groups is 1. The summed E-state index contributed by atoms with van der Waals surface area (Å²) in [6.07, 6.45) is -3.11. The van der Waals surface area contributed by atoms with E-state index in [1.54, 1.807) is 19.1 Å². The Morgan fingerprint density at radius 3 is 2.52 bits per heavy atom. The summed E-state index contributed by atoms with van der Waals surface area (Å²) in [5, 5.41) is 5.41. The Morgan fingerprint density at radius 1 is 1.12 bits per heavy atom. The third kappa shape index (κ3) is 6.49. The zero-order valence-corrected chi connectivity index (χ0v) is 22.1. The first-order valence-corrected chi connectivity index (χ1v) is 12.4. The van der Waals surface area contributed by atoms with Gasteiger partial charge in [-0.25, -0.2) is 9.98 Å². The molecule has 0 bridgehead atoms. The zero-order chi connectivity index (χ0) is 29.0. The Labute approximate surface area is 229 Å². The number of alkyl halides is 3. The lowest BCUT2D eigenvalue weighted by Crippen LogP contribution is -2.45. The van der Waals surface area contributed by atoms with Crippen molar-refractivity contribution in [2.45, 2.75) is 13.1 Å². The van der Waals surface area contributed by atoms with E-state index in [4.69, 9.17) is 11.5 Å². The minimum atomic E-state index is -4.53. The predicted octanol–water partition coefficient (Wildman–Crippen LogP) is 3.98. The van der Waals surface area contributed by atoms with Crippen LogP contribution in [0, 0.1) is 6.92 Å². The van der Waals surface area contributed by atoms with E-state index in [0.29, 0.717) is 36.0 Å². The number of anilines is 4. The normalized spacial score (nSPS) is 14.6. The zero-order valence-electron chi connectivity index (χ0n) is 22.1. The van der Waals surface area contributed by atoms with Crippen LogP contribution < -0.4 is 27.0 Å². The van der Waals surface area contributed by atoms with Gasteiger partial charge in [-0.15, -0.1) is 0 Å². The molecule has 0 radical (unpaired) electrons. The first kappa shape index (κ1) is 28.4. The second-order valence-electron chi connectivity index (χ2n) is 9.30. The molecule has 2 heterocycles. The Kier molecular flexibility index (Phi) is 8.24. The van der Waals surface area contributed by atoms with Crippen LogP contribution in [-0.2, 0) is 6.18 Å². The smallest absolute Gasteiger partial charge is 0.382 e. The molecular weight excluding hydrogens is 523 g/mol. The number of nitrogen functional groups attached to an aromatic ring is 1. The highest BCUT2D eigenvalue weighted by atomic mass is 19.4. The van der Waals surface area contributed by atoms with Gasteiger partial charge >= 0.3 is 6.18 Å². The van der Waals surface area contributed by atoms with Gasteiger partial charge in [-0.3, -0.25) is 4.79 Å². The molecule has 10 nitrogen and oxygen atoms in total. The number of carbonyl (C=O) groups is 1. The molecule has 0 saturated carbocycles. The van der Waals surface area contributed by atoms with Crippen molar-refractivity contribution < 1.29 is 18.0 Å². The second kappa shape index (κ2) is 11.6. The summed E-state index contributed by atoms with van der Waals surface area (Å²) in [5.74, 6) is 0.00146. The lowest BCUT2D eigenvalue weighted by atomic mass is 10.1. The van der Waals surface area contributed by atoms with Gasteiger partial charge < -0.3 is 31.9 Å². The molecule has 13 heteroatoms. The van der Waals surface area contributed by atoms with Gasteiger partial charge in [0, 0.05) is 37.4 Å². The molecule has 40 heavy (non-hydrogen) atoms. The number of hydrogen-bond acceptors (Lipinski definition) is 8. The van der Waals surface area contributed by atoms with Gasteiger partial charge in [0.1, 0.15) is 11.4 Å². The SMILES string of the molecule is C=CNc1c(N)nc(N2CCN(C)CC2)nc1C(N)=Nc1cc(C(=O)Nc2cccc(C(F)(F)F)c2)ccc1C. The van der Waals surface area contributed by atoms with Crippen LogP contribution in [0.5, 0.6) is 0 Å². The van der Waals surface area contributed by atoms with Gasteiger partial charge in [0.05, 0.1) is 11.3 Å². The van der Waals surface area contributed by atoms with Crippen LogP contribution in [0.3, 0.4) is 0 Å². The molecule has 2 aromatic carbocycles. The lowest BCUT2D eigenvalue weighted by molar-refractivity contribution is -0.137. The second-order valence-corrected chi connectivity index (χ2v) is 9.30. The average molecular weight is 554 g/mol. The Bertz CT molecular complexity index is 1450. The number of likely N-dealkylation sites (N-methyl/N-ethyl adjacent to an activating group) is 1. The number of piperazine rings is 1. The highest BCUT2D eigenvalue weighted by Gasteiger charge is 2.30. The van der Waals surface area contributed by atoms with Gasteiger partial charge in [-0.05, 0) is 56.1 Å². The molecule has 0 unspecified atom stereocenters.